The minimum absolute atomic E-state index is 0.0102. The van der Waals surface area contributed by atoms with E-state index in [0.717, 1.165) is 62.6 Å². The molecule has 1 aromatic rings. The van der Waals surface area contributed by atoms with E-state index in [4.69, 9.17) is 4.74 Å². The molecular weight excluding hydrogens is 464 g/mol. The van der Waals surface area contributed by atoms with Gasteiger partial charge in [-0.1, -0.05) is 38.5 Å². The van der Waals surface area contributed by atoms with Crippen LogP contribution in [0.25, 0.3) is 0 Å². The van der Waals surface area contributed by atoms with Crippen molar-refractivity contribution in [2.75, 3.05) is 29.6 Å². The van der Waals surface area contributed by atoms with Gasteiger partial charge in [0.2, 0.25) is 0 Å². The van der Waals surface area contributed by atoms with E-state index < -0.39 is 32.8 Å². The first-order chi connectivity index (χ1) is 15.5. The van der Waals surface area contributed by atoms with Crippen molar-refractivity contribution in [3.05, 3.63) is 22.9 Å². The molecular formula is C23H34N2O4S3. The smallest absolute Gasteiger partial charge is 0.316 e. The van der Waals surface area contributed by atoms with Gasteiger partial charge in [-0.25, -0.2) is 4.98 Å². The van der Waals surface area contributed by atoms with Gasteiger partial charge in [0.05, 0.1) is 16.6 Å². The molecule has 0 saturated heterocycles. The van der Waals surface area contributed by atoms with Crippen molar-refractivity contribution < 1.29 is 17.9 Å². The molecule has 1 aliphatic carbocycles. The Labute approximate surface area is 201 Å². The number of unbranched alkanes of at least 4 members (excludes halogenated alkanes) is 2. The number of hydrogen-bond donors (Lipinski definition) is 0. The van der Waals surface area contributed by atoms with Crippen LogP contribution >= 0.6 is 11.8 Å². The number of carbonyl (C=O) groups excluding carboxylic acids is 1. The van der Waals surface area contributed by atoms with E-state index in [2.05, 4.69) is 11.1 Å². The summed E-state index contributed by atoms with van der Waals surface area (Å²) in [5, 5.41) is 9.61. The Morgan fingerprint density at radius 2 is 1.94 bits per heavy atom. The van der Waals surface area contributed by atoms with Crippen LogP contribution in [-0.4, -0.2) is 54.2 Å². The lowest BCUT2D eigenvalue weighted by molar-refractivity contribution is -0.140. The number of aromatic nitrogens is 1. The summed E-state index contributed by atoms with van der Waals surface area (Å²) < 4.78 is 30.4. The fourth-order valence-corrected chi connectivity index (χ4v) is 7.66. The predicted octanol–water partition coefficient (Wildman–Crippen LogP) is 3.93. The maximum Gasteiger partial charge on any atom is 0.316 e. The normalized spacial score (nSPS) is 15.9. The number of thioether (sulfide) groups is 1. The number of fused-ring (bicyclic) bond motifs is 1. The molecule has 178 valence electrons. The summed E-state index contributed by atoms with van der Waals surface area (Å²) in [5.41, 5.74) is 2.65. The van der Waals surface area contributed by atoms with Gasteiger partial charge >= 0.3 is 5.97 Å². The molecule has 0 N–H and O–H groups in total. The van der Waals surface area contributed by atoms with Gasteiger partial charge < -0.3 is 4.74 Å². The second-order valence-corrected chi connectivity index (χ2v) is 12.4. The van der Waals surface area contributed by atoms with Crippen LogP contribution in [0.15, 0.2) is 11.1 Å². The van der Waals surface area contributed by atoms with Crippen molar-refractivity contribution in [2.45, 2.75) is 75.5 Å². The van der Waals surface area contributed by atoms with Crippen LogP contribution in [0.2, 0.25) is 0 Å². The highest BCUT2D eigenvalue weighted by Gasteiger charge is 2.22. The van der Waals surface area contributed by atoms with Crippen molar-refractivity contribution in [2.24, 2.45) is 0 Å². The average molecular weight is 499 g/mol. The fraction of sp³-hybridized carbons (Fsp3) is 0.696. The predicted molar refractivity (Wildman–Crippen MR) is 132 cm³/mol. The summed E-state index contributed by atoms with van der Waals surface area (Å²) in [4.78, 5) is 17.0. The van der Waals surface area contributed by atoms with Crippen molar-refractivity contribution in [3.8, 4) is 6.07 Å². The number of aryl methyl sites for hydroxylation is 2. The van der Waals surface area contributed by atoms with E-state index in [1.54, 1.807) is 0 Å². The molecule has 0 radical (unpaired) electrons. The second-order valence-electron chi connectivity index (χ2n) is 7.96. The number of carbonyl (C=O) groups is 1. The van der Waals surface area contributed by atoms with Crippen LogP contribution in [0.5, 0.6) is 0 Å². The molecule has 3 unspecified atom stereocenters. The third kappa shape index (κ3) is 8.95. The summed E-state index contributed by atoms with van der Waals surface area (Å²) in [6.07, 6.45) is 7.64. The van der Waals surface area contributed by atoms with E-state index in [-0.39, 0.29) is 12.4 Å². The third-order valence-corrected chi connectivity index (χ3v) is 9.74. The summed E-state index contributed by atoms with van der Waals surface area (Å²) in [7, 11) is -2.25. The zero-order valence-electron chi connectivity index (χ0n) is 19.1. The van der Waals surface area contributed by atoms with Crippen molar-refractivity contribution in [1.29, 1.82) is 5.26 Å². The summed E-state index contributed by atoms with van der Waals surface area (Å²) in [6.45, 7) is 4.09. The van der Waals surface area contributed by atoms with Gasteiger partial charge in [0.1, 0.15) is 17.7 Å². The van der Waals surface area contributed by atoms with Gasteiger partial charge in [-0.3, -0.25) is 13.2 Å². The molecule has 6 nitrogen and oxygen atoms in total. The molecule has 0 aromatic carbocycles. The molecule has 1 aromatic heterocycles. The number of nitrogens with zero attached hydrogens (tertiary/aromatic N) is 2. The first-order valence-corrected chi connectivity index (χ1v) is 15.3. The van der Waals surface area contributed by atoms with E-state index in [1.807, 2.05) is 19.9 Å². The Bertz CT molecular complexity index is 854. The van der Waals surface area contributed by atoms with Crippen LogP contribution in [-0.2, 0) is 44.0 Å². The molecule has 1 heterocycles. The molecule has 2 rings (SSSR count). The lowest BCUT2D eigenvalue weighted by atomic mass is 9.95. The van der Waals surface area contributed by atoms with Gasteiger partial charge in [0.15, 0.2) is 0 Å². The molecule has 0 aliphatic heterocycles. The lowest BCUT2D eigenvalue weighted by Crippen LogP contribution is -2.31. The minimum Gasteiger partial charge on any atom is -0.464 e. The highest BCUT2D eigenvalue weighted by atomic mass is 32.2. The second kappa shape index (κ2) is 14.8. The Morgan fingerprint density at radius 1 is 1.22 bits per heavy atom. The number of esters is 1. The van der Waals surface area contributed by atoms with Crippen LogP contribution in [0.4, 0.5) is 0 Å². The summed E-state index contributed by atoms with van der Waals surface area (Å²) in [6, 6.07) is 4.08. The van der Waals surface area contributed by atoms with E-state index in [1.165, 1.54) is 11.8 Å². The Morgan fingerprint density at radius 3 is 2.66 bits per heavy atom. The number of hydrogen-bond acceptors (Lipinski definition) is 7. The lowest BCUT2D eigenvalue weighted by Gasteiger charge is -2.17. The van der Waals surface area contributed by atoms with Crippen LogP contribution < -0.4 is 0 Å². The van der Waals surface area contributed by atoms with Gasteiger partial charge in [0, 0.05) is 44.6 Å². The number of nitriles is 1. The standard InChI is InChI=1S/C23H34N2O4S3/c1-3-5-11-31(27)17-20(32(28)12-6-4-2)15-29-22(26)16-30-23-19(14-24)13-18-9-7-8-10-21(18)25-23/h13,20H,3-12,15-17H2,1-2H3. The van der Waals surface area contributed by atoms with E-state index in [9.17, 15) is 18.5 Å². The zero-order valence-corrected chi connectivity index (χ0v) is 21.5. The topological polar surface area (TPSA) is 97.1 Å². The van der Waals surface area contributed by atoms with Crippen molar-refractivity contribution >= 4 is 39.3 Å². The quantitative estimate of drug-likeness (QED) is 0.283. The Balaban J connectivity index is 1.92. The zero-order chi connectivity index (χ0) is 23.3. The molecule has 0 spiro atoms. The van der Waals surface area contributed by atoms with Gasteiger partial charge in [-0.15, -0.1) is 0 Å². The number of pyridine rings is 1. The maximum absolute atomic E-state index is 12.7. The third-order valence-electron chi connectivity index (χ3n) is 5.31. The van der Waals surface area contributed by atoms with Crippen LogP contribution in [0.1, 0.15) is 69.2 Å². The monoisotopic (exact) mass is 498 g/mol. The first-order valence-electron chi connectivity index (χ1n) is 11.4. The molecule has 0 amide bonds. The SMILES string of the molecule is CCCCS(=O)CC(COC(=O)CSc1nc2c(cc1C#N)CCCC2)S(=O)CCCC. The van der Waals surface area contributed by atoms with Crippen molar-refractivity contribution in [1.82, 2.24) is 4.98 Å². The van der Waals surface area contributed by atoms with Crippen molar-refractivity contribution in [3.63, 3.8) is 0 Å². The Kier molecular flexibility index (Phi) is 12.5. The van der Waals surface area contributed by atoms with Crippen LogP contribution in [0, 0.1) is 11.3 Å². The molecule has 32 heavy (non-hydrogen) atoms. The fourth-order valence-electron chi connectivity index (χ4n) is 3.41. The van der Waals surface area contributed by atoms with E-state index in [0.29, 0.717) is 27.8 Å². The van der Waals surface area contributed by atoms with Crippen LogP contribution in [0.3, 0.4) is 0 Å². The average Bonchev–Trinajstić information content (AvgIpc) is 2.81. The van der Waals surface area contributed by atoms with Gasteiger partial charge in [-0.2, -0.15) is 5.26 Å². The molecule has 0 saturated carbocycles. The Hall–Kier alpha value is -1.24. The maximum atomic E-state index is 12.7. The summed E-state index contributed by atoms with van der Waals surface area (Å²) in [5.74, 6) is 1.01. The number of ether oxygens (including phenoxy) is 1. The molecule has 9 heteroatoms. The number of rotatable bonds is 14. The van der Waals surface area contributed by atoms with Gasteiger partial charge in [0.25, 0.3) is 0 Å². The largest absolute Gasteiger partial charge is 0.464 e. The first kappa shape index (κ1) is 27.0. The van der Waals surface area contributed by atoms with E-state index >= 15 is 0 Å². The highest BCUT2D eigenvalue weighted by Crippen LogP contribution is 2.27. The molecule has 0 bridgehead atoms. The molecule has 3 atom stereocenters. The molecule has 1 aliphatic rings. The minimum atomic E-state index is -1.18. The highest BCUT2D eigenvalue weighted by molar-refractivity contribution is 7.99. The molecule has 0 fully saturated rings. The summed E-state index contributed by atoms with van der Waals surface area (Å²) >= 11 is 1.21. The van der Waals surface area contributed by atoms with Gasteiger partial charge in [-0.05, 0) is 50.2 Å².